The molecule has 0 saturated heterocycles. The van der Waals surface area contributed by atoms with E-state index in [2.05, 4.69) is 219 Å². The van der Waals surface area contributed by atoms with Crippen molar-refractivity contribution in [2.75, 3.05) is 0 Å². The van der Waals surface area contributed by atoms with E-state index in [9.17, 15) is 0 Å². The molecule has 1 heterocycles. The summed E-state index contributed by atoms with van der Waals surface area (Å²) in [4.78, 5) is 5.65. The number of allylic oxidation sites excluding steroid dienone is 4. The number of benzene rings is 8. The zero-order valence-electron chi connectivity index (χ0n) is 35.1. The Morgan fingerprint density at radius 1 is 0.381 bits per heavy atom. The van der Waals surface area contributed by atoms with E-state index in [4.69, 9.17) is 4.98 Å². The predicted octanol–water partition coefficient (Wildman–Crippen LogP) is 15.8. The highest BCUT2D eigenvalue weighted by Crippen LogP contribution is 2.63. The van der Waals surface area contributed by atoms with Gasteiger partial charge in [0, 0.05) is 11.1 Å². The predicted molar refractivity (Wildman–Crippen MR) is 261 cm³/mol. The molecule has 1 nitrogen and oxygen atoms in total. The molecule has 1 spiro atoms. The van der Waals surface area contributed by atoms with Gasteiger partial charge in [-0.05, 0) is 157 Å². The molecule has 296 valence electrons. The van der Waals surface area contributed by atoms with Crippen molar-refractivity contribution in [1.82, 2.24) is 4.98 Å². The van der Waals surface area contributed by atoms with E-state index in [-0.39, 0.29) is 0 Å². The summed E-state index contributed by atoms with van der Waals surface area (Å²) in [6.45, 7) is 2.29. The highest BCUT2D eigenvalue weighted by molar-refractivity contribution is 5.96. The molecule has 8 aromatic carbocycles. The monoisotopic (exact) mass is 801 g/mol. The van der Waals surface area contributed by atoms with E-state index in [1.54, 1.807) is 5.57 Å². The number of nitrogens with zero attached hydrogens (tertiary/aromatic N) is 1. The highest BCUT2D eigenvalue weighted by Gasteiger charge is 2.51. The van der Waals surface area contributed by atoms with Gasteiger partial charge in [0.25, 0.3) is 0 Å². The standard InChI is InChI=1S/C62H43N/c1-39-49(51-29-27-40-31-47(51)32-40)22-14-23-50(39)61-38-46(37-60(63-61)48-34-44(41-15-4-2-5-16-41)33-45(35-48)42-17-6-3-7-18-42)43-28-30-55-54-21-10-13-26-58(54)62(59(55)36-43)56-24-11-8-19-52(56)53-20-9-12-25-57(53)62/h2-30,33-38,40H,31-32H2,1H3. The van der Waals surface area contributed by atoms with Gasteiger partial charge in [0.2, 0.25) is 0 Å². The van der Waals surface area contributed by atoms with Gasteiger partial charge in [-0.2, -0.15) is 0 Å². The van der Waals surface area contributed by atoms with Gasteiger partial charge < -0.3 is 0 Å². The first-order valence-electron chi connectivity index (χ1n) is 22.3. The molecule has 63 heavy (non-hydrogen) atoms. The Morgan fingerprint density at radius 2 is 0.873 bits per heavy atom. The molecule has 0 N–H and O–H groups in total. The number of hydrogen-bond donors (Lipinski definition) is 0. The summed E-state index contributed by atoms with van der Waals surface area (Å²) < 4.78 is 0. The summed E-state index contributed by atoms with van der Waals surface area (Å²) in [7, 11) is 0. The fourth-order valence-electron chi connectivity index (χ4n) is 11.4. The van der Waals surface area contributed by atoms with Crippen LogP contribution in [0.1, 0.15) is 46.2 Å². The summed E-state index contributed by atoms with van der Waals surface area (Å²) in [6, 6.07) is 74.4. The van der Waals surface area contributed by atoms with Crippen molar-refractivity contribution < 1.29 is 0 Å². The Labute approximate surface area is 369 Å². The smallest absolute Gasteiger partial charge is 0.0725 e. The fourth-order valence-corrected chi connectivity index (χ4v) is 11.4. The third kappa shape index (κ3) is 5.46. The third-order valence-electron chi connectivity index (χ3n) is 14.4. The van der Waals surface area contributed by atoms with Gasteiger partial charge in [-0.25, -0.2) is 4.98 Å². The van der Waals surface area contributed by atoms with Gasteiger partial charge in [0.15, 0.2) is 0 Å². The number of aromatic nitrogens is 1. The minimum atomic E-state index is -0.420. The molecule has 5 aliphatic rings. The van der Waals surface area contributed by atoms with Crippen LogP contribution in [-0.4, -0.2) is 4.98 Å². The topological polar surface area (TPSA) is 12.9 Å². The van der Waals surface area contributed by atoms with E-state index < -0.39 is 5.41 Å². The number of fused-ring (bicyclic) bond motifs is 11. The van der Waals surface area contributed by atoms with Gasteiger partial charge in [0.1, 0.15) is 0 Å². The molecule has 1 fully saturated rings. The number of pyridine rings is 1. The Hall–Kier alpha value is -7.61. The van der Waals surface area contributed by atoms with Crippen LogP contribution in [0.5, 0.6) is 0 Å². The lowest BCUT2D eigenvalue weighted by Crippen LogP contribution is -2.25. The lowest BCUT2D eigenvalue weighted by atomic mass is 9.70. The normalized spacial score (nSPS) is 14.9. The van der Waals surface area contributed by atoms with Crippen LogP contribution in [0, 0.1) is 12.8 Å². The molecular weight excluding hydrogens is 759 g/mol. The maximum atomic E-state index is 5.65. The first-order valence-corrected chi connectivity index (χ1v) is 22.3. The van der Waals surface area contributed by atoms with E-state index in [0.29, 0.717) is 5.92 Å². The lowest BCUT2D eigenvalue weighted by Gasteiger charge is -2.34. The van der Waals surface area contributed by atoms with Crippen LogP contribution in [0.2, 0.25) is 0 Å². The van der Waals surface area contributed by atoms with Crippen LogP contribution >= 0.6 is 0 Å². The van der Waals surface area contributed by atoms with Crippen LogP contribution in [0.4, 0.5) is 0 Å². The van der Waals surface area contributed by atoms with Crippen molar-refractivity contribution in [2.24, 2.45) is 5.92 Å². The van der Waals surface area contributed by atoms with Crippen molar-refractivity contribution >= 4 is 5.57 Å². The largest absolute Gasteiger partial charge is 0.248 e. The second kappa shape index (κ2) is 14.0. The van der Waals surface area contributed by atoms with Crippen LogP contribution in [0.3, 0.4) is 0 Å². The first-order chi connectivity index (χ1) is 31.1. The van der Waals surface area contributed by atoms with Crippen molar-refractivity contribution in [2.45, 2.75) is 25.2 Å². The third-order valence-corrected chi connectivity index (χ3v) is 14.4. The van der Waals surface area contributed by atoms with Crippen LogP contribution < -0.4 is 0 Å². The molecule has 0 unspecified atom stereocenters. The second-order valence-electron chi connectivity index (χ2n) is 17.8. The Morgan fingerprint density at radius 3 is 1.46 bits per heavy atom. The maximum Gasteiger partial charge on any atom is 0.0725 e. The van der Waals surface area contributed by atoms with Crippen molar-refractivity contribution in [1.29, 1.82) is 0 Å². The molecule has 1 heteroatoms. The Kier molecular flexibility index (Phi) is 7.99. The molecule has 1 saturated carbocycles. The molecule has 2 bridgehead atoms. The maximum absolute atomic E-state index is 5.65. The van der Waals surface area contributed by atoms with Gasteiger partial charge in [0.05, 0.1) is 16.8 Å². The molecular formula is C62H43N. The average molecular weight is 802 g/mol. The lowest BCUT2D eigenvalue weighted by molar-refractivity contribution is 0.509. The van der Waals surface area contributed by atoms with Crippen molar-refractivity contribution in [3.05, 3.63) is 251 Å². The zero-order valence-corrected chi connectivity index (χ0v) is 35.1. The first kappa shape index (κ1) is 36.1. The minimum Gasteiger partial charge on any atom is -0.248 e. The molecule has 14 rings (SSSR count). The number of rotatable bonds is 6. The van der Waals surface area contributed by atoms with E-state index >= 15 is 0 Å². The number of hydrogen-bond acceptors (Lipinski definition) is 1. The molecule has 0 radical (unpaired) electrons. The molecule has 0 atom stereocenters. The van der Waals surface area contributed by atoms with Gasteiger partial charge in [-0.3, -0.25) is 0 Å². The van der Waals surface area contributed by atoms with Crippen LogP contribution in [0.15, 0.2) is 218 Å². The van der Waals surface area contributed by atoms with Crippen molar-refractivity contribution in [3.8, 4) is 78.1 Å². The molecule has 0 aliphatic heterocycles. The summed E-state index contributed by atoms with van der Waals surface area (Å²) in [5.41, 5.74) is 27.1. The van der Waals surface area contributed by atoms with E-state index in [0.717, 1.165) is 22.5 Å². The summed E-state index contributed by atoms with van der Waals surface area (Å²) >= 11 is 0. The Balaban J connectivity index is 1.06. The molecule has 5 aliphatic carbocycles. The highest BCUT2D eigenvalue weighted by atomic mass is 14.7. The van der Waals surface area contributed by atoms with Crippen LogP contribution in [-0.2, 0) is 5.41 Å². The average Bonchev–Trinajstić information content (AvgIpc) is 3.81. The van der Waals surface area contributed by atoms with E-state index in [1.807, 2.05) is 0 Å². The molecule has 1 aromatic heterocycles. The molecule has 0 amide bonds. The minimum absolute atomic E-state index is 0.420. The quantitative estimate of drug-likeness (QED) is 0.163. The molecule has 9 aromatic rings. The summed E-state index contributed by atoms with van der Waals surface area (Å²) in [5, 5.41) is 0. The summed E-state index contributed by atoms with van der Waals surface area (Å²) in [6.07, 6.45) is 7.16. The SMILES string of the molecule is Cc1c(C2=C3CC(C=C2)C3)cccc1-c1cc(-c2ccc3c(c2)C2(c4ccccc4-c4ccccc42)c2ccccc2-3)cc(-c2cc(-c3ccccc3)cc(-c3ccccc3)c2)n1. The Bertz CT molecular complexity index is 3270. The van der Waals surface area contributed by atoms with E-state index in [1.165, 1.54) is 107 Å². The summed E-state index contributed by atoms with van der Waals surface area (Å²) in [5.74, 6) is 0.714. The van der Waals surface area contributed by atoms with Crippen molar-refractivity contribution in [3.63, 3.8) is 0 Å². The van der Waals surface area contributed by atoms with Crippen LogP contribution in [0.25, 0.3) is 83.7 Å². The van der Waals surface area contributed by atoms with Gasteiger partial charge in [-0.1, -0.05) is 182 Å². The fraction of sp³-hybridized carbons (Fsp3) is 0.0806. The second-order valence-corrected chi connectivity index (χ2v) is 17.8. The zero-order chi connectivity index (χ0) is 41.6. The van der Waals surface area contributed by atoms with Gasteiger partial charge in [-0.15, -0.1) is 0 Å². The van der Waals surface area contributed by atoms with Gasteiger partial charge >= 0.3 is 0 Å².